The number of nitrogens with one attached hydrogen (secondary N) is 2. The van der Waals surface area contributed by atoms with Crippen molar-refractivity contribution in [3.05, 3.63) is 0 Å². The highest BCUT2D eigenvalue weighted by atomic mass is 32.2. The number of rotatable bonds is 9. The minimum Gasteiger partial charge on any atom is -0.382 e. The van der Waals surface area contributed by atoms with Gasteiger partial charge in [0.05, 0.1) is 0 Å². The van der Waals surface area contributed by atoms with Crippen LogP contribution in [0.15, 0.2) is 4.99 Å². The van der Waals surface area contributed by atoms with Gasteiger partial charge in [0.1, 0.15) is 0 Å². The van der Waals surface area contributed by atoms with Crippen molar-refractivity contribution in [2.75, 3.05) is 46.4 Å². The van der Waals surface area contributed by atoms with E-state index in [2.05, 4.69) is 15.6 Å². The van der Waals surface area contributed by atoms with E-state index in [9.17, 15) is 21.6 Å². The van der Waals surface area contributed by atoms with E-state index in [1.165, 1.54) is 0 Å². The average molecular weight is 429 g/mol. The van der Waals surface area contributed by atoms with E-state index >= 15 is 0 Å². The number of hydrogen-bond acceptors (Lipinski definition) is 4. The second-order valence-corrected chi connectivity index (χ2v) is 9.48. The van der Waals surface area contributed by atoms with Crippen LogP contribution in [0, 0.1) is 11.3 Å². The molecular formula is C17H31F3N4O3S. The summed E-state index contributed by atoms with van der Waals surface area (Å²) < 4.78 is 66.7. The zero-order valence-corrected chi connectivity index (χ0v) is 17.3. The van der Waals surface area contributed by atoms with E-state index < -0.39 is 15.5 Å². The van der Waals surface area contributed by atoms with Gasteiger partial charge in [0, 0.05) is 46.4 Å². The molecule has 2 aliphatic rings. The minimum atomic E-state index is -5.23. The summed E-state index contributed by atoms with van der Waals surface area (Å²) in [5, 5.41) is 6.53. The molecule has 0 aromatic heterocycles. The maximum atomic E-state index is 12.6. The first kappa shape index (κ1) is 23.2. The lowest BCUT2D eigenvalue weighted by Gasteiger charge is -2.31. The van der Waals surface area contributed by atoms with Crippen LogP contribution in [0.5, 0.6) is 0 Å². The van der Waals surface area contributed by atoms with E-state index in [4.69, 9.17) is 4.74 Å². The highest BCUT2D eigenvalue weighted by Gasteiger charge is 2.50. The molecule has 0 radical (unpaired) electrons. The van der Waals surface area contributed by atoms with Gasteiger partial charge in [-0.3, -0.25) is 4.99 Å². The van der Waals surface area contributed by atoms with Crippen LogP contribution < -0.4 is 10.6 Å². The lowest BCUT2D eigenvalue weighted by atomic mass is 9.98. The quantitative estimate of drug-likeness (QED) is 0.333. The molecule has 28 heavy (non-hydrogen) atoms. The smallest absolute Gasteiger partial charge is 0.382 e. The highest BCUT2D eigenvalue weighted by Crippen LogP contribution is 2.48. The summed E-state index contributed by atoms with van der Waals surface area (Å²) in [6.45, 7) is 4.58. The maximum absolute atomic E-state index is 12.6. The molecule has 2 fully saturated rings. The average Bonchev–Trinajstić information content (AvgIpc) is 3.41. The third kappa shape index (κ3) is 6.21. The largest absolute Gasteiger partial charge is 0.511 e. The molecule has 0 spiro atoms. The first-order valence-corrected chi connectivity index (χ1v) is 11.2. The monoisotopic (exact) mass is 428 g/mol. The Morgan fingerprint density at radius 1 is 1.25 bits per heavy atom. The molecule has 0 aromatic rings. The van der Waals surface area contributed by atoms with Crippen molar-refractivity contribution in [2.24, 2.45) is 16.3 Å². The van der Waals surface area contributed by atoms with Crippen molar-refractivity contribution in [2.45, 2.75) is 44.5 Å². The lowest BCUT2D eigenvalue weighted by Crippen LogP contribution is -2.47. The van der Waals surface area contributed by atoms with Gasteiger partial charge in [-0.15, -0.1) is 0 Å². The van der Waals surface area contributed by atoms with Gasteiger partial charge in [0.2, 0.25) is 0 Å². The zero-order valence-electron chi connectivity index (χ0n) is 16.5. The van der Waals surface area contributed by atoms with E-state index in [1.54, 1.807) is 7.05 Å². The first-order chi connectivity index (χ1) is 13.1. The van der Waals surface area contributed by atoms with Crippen LogP contribution in [0.3, 0.4) is 0 Å². The van der Waals surface area contributed by atoms with Gasteiger partial charge in [0.25, 0.3) is 0 Å². The predicted octanol–water partition coefficient (Wildman–Crippen LogP) is 1.92. The first-order valence-electron chi connectivity index (χ1n) is 9.72. The van der Waals surface area contributed by atoms with Gasteiger partial charge < -0.3 is 15.4 Å². The molecule has 0 atom stereocenters. The molecule has 1 aliphatic heterocycles. The van der Waals surface area contributed by atoms with Gasteiger partial charge >= 0.3 is 15.5 Å². The third-order valence-corrected chi connectivity index (χ3v) is 7.19. The Morgan fingerprint density at radius 3 is 2.39 bits per heavy atom. The summed E-state index contributed by atoms with van der Waals surface area (Å²) in [6, 6.07) is 0. The topological polar surface area (TPSA) is 83.0 Å². The van der Waals surface area contributed by atoms with Crippen molar-refractivity contribution in [3.8, 4) is 0 Å². The maximum Gasteiger partial charge on any atom is 0.511 e. The number of hydrogen-bond donors (Lipinski definition) is 2. The predicted molar refractivity (Wildman–Crippen MR) is 101 cm³/mol. The van der Waals surface area contributed by atoms with Gasteiger partial charge in [-0.25, -0.2) is 8.42 Å². The van der Waals surface area contributed by atoms with Gasteiger partial charge in [-0.05, 0) is 50.4 Å². The van der Waals surface area contributed by atoms with E-state index in [0.29, 0.717) is 29.7 Å². The van der Waals surface area contributed by atoms with Crippen molar-refractivity contribution in [3.63, 3.8) is 0 Å². The van der Waals surface area contributed by atoms with Crippen LogP contribution in [0.2, 0.25) is 0 Å². The number of guanidine groups is 1. The SMILES string of the molecule is CCOCCC1(CNC(=NC)NCC2CCN(S(=O)(=O)C(F)(F)F)CC2)CC1. The van der Waals surface area contributed by atoms with E-state index in [0.717, 1.165) is 39.0 Å². The molecule has 1 saturated heterocycles. The number of alkyl halides is 3. The van der Waals surface area contributed by atoms with Crippen molar-refractivity contribution in [1.82, 2.24) is 14.9 Å². The molecule has 2 N–H and O–H groups in total. The molecule has 0 unspecified atom stereocenters. The third-order valence-electron chi connectivity index (χ3n) is 5.56. The number of piperidine rings is 1. The molecule has 1 saturated carbocycles. The van der Waals surface area contributed by atoms with Gasteiger partial charge in [-0.1, -0.05) is 0 Å². The molecule has 1 heterocycles. The summed E-state index contributed by atoms with van der Waals surface area (Å²) in [7, 11) is -3.55. The molecular weight excluding hydrogens is 397 g/mol. The Balaban J connectivity index is 1.71. The molecule has 164 valence electrons. The Bertz CT molecular complexity index is 628. The number of nitrogens with zero attached hydrogens (tertiary/aromatic N) is 2. The number of ether oxygens (including phenoxy) is 1. The zero-order chi connectivity index (χ0) is 20.8. The number of aliphatic imine (C=N–C) groups is 1. The van der Waals surface area contributed by atoms with E-state index in [-0.39, 0.29) is 24.4 Å². The molecule has 0 aromatic carbocycles. The standard InChI is InChI=1S/C17H31F3N4O3S/c1-3-27-11-8-16(6-7-16)13-23-15(21-2)22-12-14-4-9-24(10-5-14)28(25,26)17(18,19)20/h14H,3-13H2,1-2H3,(H2,21,22,23). The molecule has 1 aliphatic carbocycles. The normalized spacial score (nSPS) is 21.5. The Kier molecular flexibility index (Phi) is 7.97. The Morgan fingerprint density at radius 2 is 1.89 bits per heavy atom. The van der Waals surface area contributed by atoms with Crippen LogP contribution in [-0.2, 0) is 14.8 Å². The second kappa shape index (κ2) is 9.62. The van der Waals surface area contributed by atoms with Gasteiger partial charge in [-0.2, -0.15) is 17.5 Å². The second-order valence-electron chi connectivity index (χ2n) is 7.55. The fourth-order valence-electron chi connectivity index (χ4n) is 3.36. The van der Waals surface area contributed by atoms with Gasteiger partial charge in [0.15, 0.2) is 5.96 Å². The fraction of sp³-hybridized carbons (Fsp3) is 0.941. The van der Waals surface area contributed by atoms with Crippen LogP contribution in [0.25, 0.3) is 0 Å². The lowest BCUT2D eigenvalue weighted by molar-refractivity contribution is -0.0496. The summed E-state index contributed by atoms with van der Waals surface area (Å²) >= 11 is 0. The van der Waals surface area contributed by atoms with Crippen LogP contribution >= 0.6 is 0 Å². The Labute approximate surface area is 165 Å². The molecule has 7 nitrogen and oxygen atoms in total. The fourth-order valence-corrected chi connectivity index (χ4v) is 4.34. The Hall–Kier alpha value is -1.07. The van der Waals surface area contributed by atoms with Crippen molar-refractivity contribution < 1.29 is 26.3 Å². The number of halogens is 3. The van der Waals surface area contributed by atoms with E-state index in [1.807, 2.05) is 6.92 Å². The summed E-state index contributed by atoms with van der Waals surface area (Å²) in [4.78, 5) is 4.19. The van der Waals surface area contributed by atoms with Crippen LogP contribution in [-0.4, -0.2) is 70.6 Å². The molecule has 2 rings (SSSR count). The molecule has 0 bridgehead atoms. The molecule has 0 amide bonds. The summed E-state index contributed by atoms with van der Waals surface area (Å²) in [5.41, 5.74) is -4.96. The highest BCUT2D eigenvalue weighted by molar-refractivity contribution is 7.90. The summed E-state index contributed by atoms with van der Waals surface area (Å²) in [5.74, 6) is 0.763. The van der Waals surface area contributed by atoms with Crippen molar-refractivity contribution >= 4 is 16.0 Å². The molecule has 11 heteroatoms. The summed E-state index contributed by atoms with van der Waals surface area (Å²) in [6.07, 6.45) is 4.11. The number of sulfonamides is 1. The van der Waals surface area contributed by atoms with Crippen LogP contribution in [0.4, 0.5) is 13.2 Å². The van der Waals surface area contributed by atoms with Crippen LogP contribution in [0.1, 0.15) is 39.0 Å². The minimum absolute atomic E-state index is 0.103. The van der Waals surface area contributed by atoms with Crippen molar-refractivity contribution in [1.29, 1.82) is 0 Å².